The molecule has 0 aliphatic carbocycles. The summed E-state index contributed by atoms with van der Waals surface area (Å²) >= 11 is 6.23. The number of fused-ring (bicyclic) bond motifs is 2. The van der Waals surface area contributed by atoms with E-state index in [9.17, 15) is 8.42 Å². The molecular formula is C15H19ClN2O3S. The van der Waals surface area contributed by atoms with Gasteiger partial charge < -0.3 is 10.1 Å². The molecule has 1 aromatic carbocycles. The Morgan fingerprint density at radius 3 is 2.64 bits per heavy atom. The molecule has 5 nitrogen and oxygen atoms in total. The van der Waals surface area contributed by atoms with Crippen molar-refractivity contribution in [2.75, 3.05) is 26.2 Å². The monoisotopic (exact) mass is 342 g/mol. The van der Waals surface area contributed by atoms with Crippen LogP contribution in [0.5, 0.6) is 5.75 Å². The van der Waals surface area contributed by atoms with Crippen LogP contribution in [0.25, 0.3) is 0 Å². The molecule has 0 saturated carbocycles. The normalized spacial score (nSPS) is 31.1. The number of halogens is 1. The van der Waals surface area contributed by atoms with Gasteiger partial charge in [-0.05, 0) is 44.0 Å². The second kappa shape index (κ2) is 5.09. The Hall–Kier alpha value is -0.820. The van der Waals surface area contributed by atoms with E-state index in [0.717, 1.165) is 18.7 Å². The summed E-state index contributed by atoms with van der Waals surface area (Å²) in [5.41, 5.74) is 0.889. The molecular weight excluding hydrogens is 324 g/mol. The maximum absolute atomic E-state index is 12.9. The Morgan fingerprint density at radius 2 is 1.95 bits per heavy atom. The highest BCUT2D eigenvalue weighted by molar-refractivity contribution is 7.89. The lowest BCUT2D eigenvalue weighted by Crippen LogP contribution is -2.32. The van der Waals surface area contributed by atoms with Crippen molar-refractivity contribution < 1.29 is 13.2 Å². The molecule has 7 heteroatoms. The number of hydrogen-bond donors (Lipinski definition) is 1. The van der Waals surface area contributed by atoms with Crippen molar-refractivity contribution in [1.82, 2.24) is 9.62 Å². The predicted molar refractivity (Wildman–Crippen MR) is 83.9 cm³/mol. The van der Waals surface area contributed by atoms with Crippen LogP contribution in [0.1, 0.15) is 12.5 Å². The molecule has 0 bridgehead atoms. The molecule has 3 heterocycles. The van der Waals surface area contributed by atoms with E-state index in [1.54, 1.807) is 10.4 Å². The highest BCUT2D eigenvalue weighted by atomic mass is 35.5. The number of sulfonamides is 1. The van der Waals surface area contributed by atoms with Gasteiger partial charge in [0.1, 0.15) is 11.9 Å². The van der Waals surface area contributed by atoms with Gasteiger partial charge >= 0.3 is 0 Å². The first-order valence-corrected chi connectivity index (χ1v) is 9.47. The molecule has 3 aliphatic rings. The maximum atomic E-state index is 12.9. The van der Waals surface area contributed by atoms with Crippen molar-refractivity contribution in [2.45, 2.75) is 24.3 Å². The molecule has 0 radical (unpaired) electrons. The first-order valence-electron chi connectivity index (χ1n) is 7.65. The molecule has 1 unspecified atom stereocenters. The molecule has 0 amide bonds. The quantitative estimate of drug-likeness (QED) is 0.885. The number of nitrogens with one attached hydrogen (secondary N) is 1. The van der Waals surface area contributed by atoms with E-state index < -0.39 is 10.0 Å². The molecule has 1 N–H and O–H groups in total. The lowest BCUT2D eigenvalue weighted by molar-refractivity contribution is 0.255. The van der Waals surface area contributed by atoms with E-state index >= 15 is 0 Å². The van der Waals surface area contributed by atoms with Gasteiger partial charge in [0.05, 0.1) is 9.92 Å². The third-order valence-corrected chi connectivity index (χ3v) is 7.00. The lowest BCUT2D eigenvalue weighted by atomic mass is 10.0. The van der Waals surface area contributed by atoms with Crippen LogP contribution < -0.4 is 10.1 Å². The summed E-state index contributed by atoms with van der Waals surface area (Å²) in [6, 6.07) is 3.26. The fraction of sp³-hybridized carbons (Fsp3) is 0.600. The SMILES string of the molecule is CC1Cc2cc(S(=O)(=O)N3C[C@H]4CNC[C@H]4C3)cc(Cl)c2O1. The van der Waals surface area contributed by atoms with Gasteiger partial charge in [-0.2, -0.15) is 4.31 Å². The van der Waals surface area contributed by atoms with Gasteiger partial charge in [0.25, 0.3) is 0 Å². The van der Waals surface area contributed by atoms with Gasteiger partial charge in [-0.1, -0.05) is 11.6 Å². The van der Waals surface area contributed by atoms with E-state index in [1.165, 1.54) is 6.07 Å². The van der Waals surface area contributed by atoms with E-state index in [2.05, 4.69) is 5.32 Å². The van der Waals surface area contributed by atoms with E-state index in [4.69, 9.17) is 16.3 Å². The van der Waals surface area contributed by atoms with Crippen LogP contribution in [0.3, 0.4) is 0 Å². The Kier molecular flexibility index (Phi) is 3.41. The molecule has 3 aliphatic heterocycles. The molecule has 1 aromatic rings. The average Bonchev–Trinajstić information content (AvgIpc) is 3.10. The zero-order valence-electron chi connectivity index (χ0n) is 12.4. The average molecular weight is 343 g/mol. The molecule has 4 rings (SSSR count). The predicted octanol–water partition coefficient (Wildman–Crippen LogP) is 1.50. The minimum atomic E-state index is -3.48. The number of rotatable bonds is 2. The molecule has 22 heavy (non-hydrogen) atoms. The smallest absolute Gasteiger partial charge is 0.243 e. The number of hydrogen-bond acceptors (Lipinski definition) is 4. The third-order valence-electron chi connectivity index (χ3n) is 4.91. The minimum absolute atomic E-state index is 0.0441. The molecule has 2 fully saturated rings. The molecule has 0 aromatic heterocycles. The summed E-state index contributed by atoms with van der Waals surface area (Å²) in [6.45, 7) is 4.97. The summed E-state index contributed by atoms with van der Waals surface area (Å²) in [6.07, 6.45) is 0.746. The topological polar surface area (TPSA) is 58.6 Å². The first kappa shape index (κ1) is 14.8. The van der Waals surface area contributed by atoms with E-state index in [1.807, 2.05) is 6.92 Å². The van der Waals surface area contributed by atoms with Crippen molar-refractivity contribution in [3.8, 4) is 5.75 Å². The fourth-order valence-corrected chi connectivity index (χ4v) is 5.75. The molecule has 2 saturated heterocycles. The van der Waals surface area contributed by atoms with Crippen molar-refractivity contribution in [2.24, 2.45) is 11.8 Å². The van der Waals surface area contributed by atoms with Gasteiger partial charge in [0.15, 0.2) is 0 Å². The van der Waals surface area contributed by atoms with Gasteiger partial charge in [-0.15, -0.1) is 0 Å². The lowest BCUT2D eigenvalue weighted by Gasteiger charge is -2.18. The molecule has 3 atom stereocenters. The van der Waals surface area contributed by atoms with Crippen molar-refractivity contribution in [3.63, 3.8) is 0 Å². The molecule has 0 spiro atoms. The zero-order chi connectivity index (χ0) is 15.5. The van der Waals surface area contributed by atoms with Gasteiger partial charge in [-0.25, -0.2) is 8.42 Å². The van der Waals surface area contributed by atoms with Gasteiger partial charge in [0.2, 0.25) is 10.0 Å². The van der Waals surface area contributed by atoms with Crippen LogP contribution in [0, 0.1) is 11.8 Å². The largest absolute Gasteiger partial charge is 0.489 e. The summed E-state index contributed by atoms with van der Waals surface area (Å²) < 4.78 is 33.1. The van der Waals surface area contributed by atoms with Crippen LogP contribution in [-0.4, -0.2) is 45.0 Å². The van der Waals surface area contributed by atoms with Crippen LogP contribution in [0.15, 0.2) is 17.0 Å². The Morgan fingerprint density at radius 1 is 1.27 bits per heavy atom. The van der Waals surface area contributed by atoms with E-state index in [0.29, 0.717) is 47.0 Å². The molecule has 120 valence electrons. The highest BCUT2D eigenvalue weighted by Crippen LogP contribution is 2.39. The second-order valence-corrected chi connectivity index (χ2v) is 8.87. The Bertz CT molecular complexity index is 710. The van der Waals surface area contributed by atoms with Gasteiger partial charge in [0, 0.05) is 25.1 Å². The van der Waals surface area contributed by atoms with Crippen LogP contribution >= 0.6 is 11.6 Å². The van der Waals surface area contributed by atoms with Crippen molar-refractivity contribution in [3.05, 3.63) is 22.7 Å². The van der Waals surface area contributed by atoms with Gasteiger partial charge in [-0.3, -0.25) is 0 Å². The van der Waals surface area contributed by atoms with Crippen LogP contribution in [0.4, 0.5) is 0 Å². The van der Waals surface area contributed by atoms with Crippen molar-refractivity contribution in [1.29, 1.82) is 0 Å². The minimum Gasteiger partial charge on any atom is -0.489 e. The second-order valence-electron chi connectivity index (χ2n) is 6.53. The number of nitrogens with zero attached hydrogens (tertiary/aromatic N) is 1. The van der Waals surface area contributed by atoms with Crippen LogP contribution in [-0.2, 0) is 16.4 Å². The standard InChI is InChI=1S/C15H19ClN2O3S/c1-9-2-10-3-13(4-14(16)15(10)21-9)22(19,20)18-7-11-5-17-6-12(11)8-18/h3-4,9,11-12,17H,2,5-8H2,1H3/t9?,11-,12+. The zero-order valence-corrected chi connectivity index (χ0v) is 14.0. The fourth-order valence-electron chi connectivity index (χ4n) is 3.77. The van der Waals surface area contributed by atoms with Crippen LogP contribution in [0.2, 0.25) is 5.02 Å². The summed E-state index contributed by atoms with van der Waals surface area (Å²) in [4.78, 5) is 0.293. The number of benzene rings is 1. The Labute approximate surface area is 135 Å². The maximum Gasteiger partial charge on any atom is 0.243 e. The summed E-state index contributed by atoms with van der Waals surface area (Å²) in [5, 5.41) is 3.72. The first-order chi connectivity index (χ1) is 10.4. The third kappa shape index (κ3) is 2.24. The summed E-state index contributed by atoms with van der Waals surface area (Å²) in [7, 11) is -3.48. The van der Waals surface area contributed by atoms with E-state index in [-0.39, 0.29) is 6.10 Å². The summed E-state index contributed by atoms with van der Waals surface area (Å²) in [5.74, 6) is 1.50. The Balaban J connectivity index is 1.67. The number of ether oxygens (including phenoxy) is 1. The highest BCUT2D eigenvalue weighted by Gasteiger charge is 2.42. The van der Waals surface area contributed by atoms with Crippen molar-refractivity contribution >= 4 is 21.6 Å².